The number of aryl methyl sites for hydroxylation is 1. The molecule has 2 aromatic carbocycles. The third kappa shape index (κ3) is 5.28. The summed E-state index contributed by atoms with van der Waals surface area (Å²) in [5, 5.41) is 9.21. The zero-order valence-corrected chi connectivity index (χ0v) is 17.6. The van der Waals surface area contributed by atoms with Gasteiger partial charge in [0.15, 0.2) is 0 Å². The number of ether oxygens (including phenoxy) is 2. The van der Waals surface area contributed by atoms with Crippen LogP contribution in [0, 0.1) is 0 Å². The molecule has 0 aliphatic heterocycles. The van der Waals surface area contributed by atoms with E-state index in [1.165, 1.54) is 0 Å². The van der Waals surface area contributed by atoms with Crippen LogP contribution in [0.3, 0.4) is 0 Å². The number of imidazole rings is 1. The molecule has 0 aliphatic carbocycles. The fraction of sp³-hybridized carbons (Fsp3) is 0.300. The predicted molar refractivity (Wildman–Crippen MR) is 111 cm³/mol. The lowest BCUT2D eigenvalue weighted by molar-refractivity contribution is -0.138. The van der Waals surface area contributed by atoms with Gasteiger partial charge < -0.3 is 19.1 Å². The van der Waals surface area contributed by atoms with Crippen molar-refractivity contribution < 1.29 is 27.8 Å². The van der Waals surface area contributed by atoms with Gasteiger partial charge in [-0.25, -0.2) is 18.1 Å². The Bertz CT molecular complexity index is 1160. The smallest absolute Gasteiger partial charge is 0.322 e. The molecule has 1 atom stereocenters. The van der Waals surface area contributed by atoms with E-state index in [1.54, 1.807) is 31.4 Å². The van der Waals surface area contributed by atoms with Gasteiger partial charge in [-0.1, -0.05) is 12.1 Å². The van der Waals surface area contributed by atoms with E-state index in [4.69, 9.17) is 9.47 Å². The molecule has 1 heterocycles. The first kappa shape index (κ1) is 21.6. The number of hydrogen-bond acceptors (Lipinski definition) is 6. The summed E-state index contributed by atoms with van der Waals surface area (Å²) >= 11 is 0. The molecule has 0 amide bonds. The molecule has 0 saturated carbocycles. The fourth-order valence-corrected chi connectivity index (χ4v) is 3.72. The van der Waals surface area contributed by atoms with Gasteiger partial charge in [0.1, 0.15) is 30.0 Å². The molecule has 30 heavy (non-hydrogen) atoms. The number of hydrogen-bond donors (Lipinski definition) is 2. The molecule has 0 radical (unpaired) electrons. The second-order valence-electron chi connectivity index (χ2n) is 6.86. The third-order valence-corrected chi connectivity index (χ3v) is 5.28. The number of benzene rings is 2. The van der Waals surface area contributed by atoms with E-state index in [9.17, 15) is 18.3 Å². The van der Waals surface area contributed by atoms with Crippen molar-refractivity contribution in [3.05, 3.63) is 53.9 Å². The summed E-state index contributed by atoms with van der Waals surface area (Å²) in [6, 6.07) is 11.2. The standard InChI is InChI=1S/C20H23N3O6S/c1-23-18-11-15(28-2)8-9-16(18)21-19(23)12-29-14-6-4-13(5-7-14)10-17(20(24)25)22-30(3,26)27/h4-9,11,17,22H,10,12H2,1-3H3,(H,24,25). The minimum absolute atomic E-state index is 0.0231. The summed E-state index contributed by atoms with van der Waals surface area (Å²) in [5.74, 6) is 0.842. The molecule has 1 unspecified atom stereocenters. The number of methoxy groups -OCH3 is 1. The number of carboxylic acid groups (broad SMARTS) is 1. The highest BCUT2D eigenvalue weighted by molar-refractivity contribution is 7.88. The second-order valence-corrected chi connectivity index (χ2v) is 8.64. The monoisotopic (exact) mass is 433 g/mol. The minimum atomic E-state index is -3.63. The maximum absolute atomic E-state index is 11.3. The van der Waals surface area contributed by atoms with Gasteiger partial charge in [0.05, 0.1) is 24.4 Å². The van der Waals surface area contributed by atoms with Crippen molar-refractivity contribution in [2.75, 3.05) is 13.4 Å². The van der Waals surface area contributed by atoms with Crippen molar-refractivity contribution in [1.29, 1.82) is 0 Å². The van der Waals surface area contributed by atoms with Gasteiger partial charge in [-0.2, -0.15) is 0 Å². The van der Waals surface area contributed by atoms with Crippen molar-refractivity contribution in [2.45, 2.75) is 19.1 Å². The lowest BCUT2D eigenvalue weighted by atomic mass is 10.1. The van der Waals surface area contributed by atoms with Gasteiger partial charge in [-0.3, -0.25) is 4.79 Å². The molecule has 2 N–H and O–H groups in total. The zero-order valence-electron chi connectivity index (χ0n) is 16.8. The van der Waals surface area contributed by atoms with Crippen LogP contribution in [0.1, 0.15) is 11.4 Å². The SMILES string of the molecule is COc1ccc2nc(COc3ccc(CC(NS(C)(=O)=O)C(=O)O)cc3)n(C)c2c1. The van der Waals surface area contributed by atoms with Gasteiger partial charge >= 0.3 is 5.97 Å². The summed E-state index contributed by atoms with van der Waals surface area (Å²) in [6.07, 6.45) is 0.951. The van der Waals surface area contributed by atoms with Crippen LogP contribution in [-0.2, 0) is 34.9 Å². The number of fused-ring (bicyclic) bond motifs is 1. The van der Waals surface area contributed by atoms with Crippen molar-refractivity contribution in [3.8, 4) is 11.5 Å². The molecule has 0 aliphatic rings. The van der Waals surface area contributed by atoms with Gasteiger partial charge in [0.2, 0.25) is 10.0 Å². The average molecular weight is 433 g/mol. The number of aromatic nitrogens is 2. The van der Waals surface area contributed by atoms with Gasteiger partial charge in [0.25, 0.3) is 0 Å². The van der Waals surface area contributed by atoms with Gasteiger partial charge in [0, 0.05) is 13.1 Å². The summed E-state index contributed by atoms with van der Waals surface area (Å²) in [5.41, 5.74) is 2.44. The van der Waals surface area contributed by atoms with E-state index >= 15 is 0 Å². The van der Waals surface area contributed by atoms with Crippen molar-refractivity contribution in [2.24, 2.45) is 7.05 Å². The molecule has 0 fully saturated rings. The average Bonchev–Trinajstić information content (AvgIpc) is 3.01. The normalized spacial score (nSPS) is 12.6. The highest BCUT2D eigenvalue weighted by Gasteiger charge is 2.21. The topological polar surface area (TPSA) is 120 Å². The van der Waals surface area contributed by atoms with Gasteiger partial charge in [-0.15, -0.1) is 0 Å². The first-order chi connectivity index (χ1) is 14.2. The molecule has 3 aromatic rings. The quantitative estimate of drug-likeness (QED) is 0.527. The van der Waals surface area contributed by atoms with Crippen LogP contribution >= 0.6 is 0 Å². The highest BCUT2D eigenvalue weighted by atomic mass is 32.2. The Balaban J connectivity index is 1.67. The summed E-state index contributed by atoms with van der Waals surface area (Å²) < 4.78 is 37.8. The van der Waals surface area contributed by atoms with Crippen LogP contribution in [0.15, 0.2) is 42.5 Å². The predicted octanol–water partition coefficient (Wildman–Crippen LogP) is 1.71. The summed E-state index contributed by atoms with van der Waals surface area (Å²) in [4.78, 5) is 15.9. The first-order valence-corrected chi connectivity index (χ1v) is 11.0. The Hall–Kier alpha value is -3.11. The van der Waals surface area contributed by atoms with Crippen molar-refractivity contribution >= 4 is 27.0 Å². The summed E-state index contributed by atoms with van der Waals surface area (Å²) in [6.45, 7) is 0.250. The van der Waals surface area contributed by atoms with E-state index in [2.05, 4.69) is 9.71 Å². The Morgan fingerprint density at radius 1 is 1.20 bits per heavy atom. The largest absolute Gasteiger partial charge is 0.497 e. The number of nitrogens with zero attached hydrogens (tertiary/aromatic N) is 2. The zero-order chi connectivity index (χ0) is 21.9. The molecule has 0 spiro atoms. The van der Waals surface area contributed by atoms with Gasteiger partial charge in [-0.05, 0) is 36.2 Å². The molecular weight excluding hydrogens is 410 g/mol. The number of aliphatic carboxylic acids is 1. The number of sulfonamides is 1. The molecule has 0 saturated heterocycles. The van der Waals surface area contributed by atoms with Crippen LogP contribution in [0.25, 0.3) is 11.0 Å². The van der Waals surface area contributed by atoms with Crippen LogP contribution in [-0.4, -0.2) is 48.5 Å². The van der Waals surface area contributed by atoms with E-state index in [-0.39, 0.29) is 13.0 Å². The lowest BCUT2D eigenvalue weighted by Crippen LogP contribution is -2.41. The second kappa shape index (κ2) is 8.72. The first-order valence-electron chi connectivity index (χ1n) is 9.07. The highest BCUT2D eigenvalue weighted by Crippen LogP contribution is 2.22. The molecule has 10 heteroatoms. The Morgan fingerprint density at radius 2 is 1.87 bits per heavy atom. The van der Waals surface area contributed by atoms with E-state index in [0.717, 1.165) is 28.9 Å². The Labute approximate surface area is 174 Å². The number of carboxylic acids is 1. The van der Waals surface area contributed by atoms with Crippen LogP contribution in [0.5, 0.6) is 11.5 Å². The lowest BCUT2D eigenvalue weighted by Gasteiger charge is -2.13. The van der Waals surface area contributed by atoms with Crippen LogP contribution in [0.4, 0.5) is 0 Å². The van der Waals surface area contributed by atoms with E-state index in [1.807, 2.05) is 29.8 Å². The summed E-state index contributed by atoms with van der Waals surface area (Å²) in [7, 11) is -0.116. The van der Waals surface area contributed by atoms with E-state index in [0.29, 0.717) is 11.3 Å². The number of rotatable bonds is 9. The molecule has 9 nitrogen and oxygen atoms in total. The molecule has 3 rings (SSSR count). The third-order valence-electron chi connectivity index (χ3n) is 4.57. The maximum Gasteiger partial charge on any atom is 0.322 e. The molecular formula is C20H23N3O6S. The van der Waals surface area contributed by atoms with Crippen LogP contribution in [0.2, 0.25) is 0 Å². The molecule has 0 bridgehead atoms. The maximum atomic E-state index is 11.3. The van der Waals surface area contributed by atoms with Crippen LogP contribution < -0.4 is 14.2 Å². The van der Waals surface area contributed by atoms with Crippen molar-refractivity contribution in [1.82, 2.24) is 14.3 Å². The number of nitrogens with one attached hydrogen (secondary N) is 1. The fourth-order valence-electron chi connectivity index (χ4n) is 3.02. The van der Waals surface area contributed by atoms with E-state index < -0.39 is 22.0 Å². The molecule has 160 valence electrons. The number of carbonyl (C=O) groups is 1. The Kier molecular flexibility index (Phi) is 6.28. The molecule has 1 aromatic heterocycles. The Morgan fingerprint density at radius 3 is 2.47 bits per heavy atom. The minimum Gasteiger partial charge on any atom is -0.497 e. The van der Waals surface area contributed by atoms with Crippen molar-refractivity contribution in [3.63, 3.8) is 0 Å².